The zero-order valence-electron chi connectivity index (χ0n) is 14.9. The van der Waals surface area contributed by atoms with E-state index in [1.165, 1.54) is 41.1 Å². The lowest BCUT2D eigenvalue weighted by Gasteiger charge is -1.99. The van der Waals surface area contributed by atoms with Crippen molar-refractivity contribution >= 4 is 76.0 Å². The first kappa shape index (κ1) is 14.8. The third kappa shape index (κ3) is 1.71. The van der Waals surface area contributed by atoms with Crippen molar-refractivity contribution in [2.45, 2.75) is 27.7 Å². The third-order valence-corrected chi connectivity index (χ3v) is 7.26. The van der Waals surface area contributed by atoms with Crippen LogP contribution in [0.3, 0.4) is 0 Å². The smallest absolute Gasteiger partial charge is 0.182 e. The van der Waals surface area contributed by atoms with Crippen LogP contribution >= 0.6 is 22.7 Å². The van der Waals surface area contributed by atoms with Gasteiger partial charge < -0.3 is 8.83 Å². The van der Waals surface area contributed by atoms with Gasteiger partial charge in [0.2, 0.25) is 0 Å². The monoisotopic (exact) mass is 376 g/mol. The minimum Gasteiger partial charge on any atom is -0.451 e. The average molecular weight is 377 g/mol. The lowest BCUT2D eigenvalue weighted by Crippen LogP contribution is -1.75. The standard InChI is InChI=1S/C22H16O2S2/c1-9-5-15-13(7-11(3)25-15)19-17(9)21-22(23-19)18-10(2)6-16-14(20(18)24-21)8-12(4)26-16/h5-8H,1-4H3. The molecular weight excluding hydrogens is 360 g/mol. The first-order valence-electron chi connectivity index (χ1n) is 8.69. The predicted octanol–water partition coefficient (Wildman–Crippen LogP) is 8.00. The Morgan fingerprint density at radius 2 is 1.00 bits per heavy atom. The molecule has 0 amide bonds. The van der Waals surface area contributed by atoms with Crippen molar-refractivity contribution in [3.05, 3.63) is 45.1 Å². The normalized spacial score (nSPS) is 12.6. The fourth-order valence-electron chi connectivity index (χ4n) is 4.20. The van der Waals surface area contributed by atoms with Crippen molar-refractivity contribution < 1.29 is 8.83 Å². The Bertz CT molecular complexity index is 1400. The van der Waals surface area contributed by atoms with Gasteiger partial charge in [-0.2, -0.15) is 0 Å². The molecule has 0 aliphatic rings. The molecule has 4 heterocycles. The van der Waals surface area contributed by atoms with Gasteiger partial charge in [0.15, 0.2) is 11.2 Å². The molecule has 0 saturated heterocycles. The molecule has 0 radical (unpaired) electrons. The van der Waals surface area contributed by atoms with Crippen LogP contribution < -0.4 is 0 Å². The molecule has 0 aliphatic heterocycles. The summed E-state index contributed by atoms with van der Waals surface area (Å²) >= 11 is 3.63. The molecule has 0 saturated carbocycles. The van der Waals surface area contributed by atoms with Crippen LogP contribution in [-0.4, -0.2) is 0 Å². The Morgan fingerprint density at radius 3 is 1.42 bits per heavy atom. The summed E-state index contributed by atoms with van der Waals surface area (Å²) in [5.74, 6) is 0. The Balaban J connectivity index is 1.90. The molecule has 0 N–H and O–H groups in total. The topological polar surface area (TPSA) is 26.3 Å². The second kappa shape index (κ2) is 4.70. The summed E-state index contributed by atoms with van der Waals surface area (Å²) in [6, 6.07) is 8.96. The molecule has 0 bridgehead atoms. The van der Waals surface area contributed by atoms with Crippen molar-refractivity contribution in [3.63, 3.8) is 0 Å². The van der Waals surface area contributed by atoms with Crippen molar-refractivity contribution in [2.75, 3.05) is 0 Å². The van der Waals surface area contributed by atoms with E-state index in [0.29, 0.717) is 0 Å². The van der Waals surface area contributed by atoms with Crippen molar-refractivity contribution in [1.82, 2.24) is 0 Å². The van der Waals surface area contributed by atoms with Gasteiger partial charge in [0.25, 0.3) is 0 Å². The zero-order valence-corrected chi connectivity index (χ0v) is 16.6. The second-order valence-corrected chi connectivity index (χ2v) is 9.77. The van der Waals surface area contributed by atoms with E-state index in [1.54, 1.807) is 0 Å². The van der Waals surface area contributed by atoms with Crippen molar-refractivity contribution in [2.24, 2.45) is 0 Å². The Hall–Kier alpha value is -2.30. The fourth-order valence-corrected chi connectivity index (χ4v) is 6.24. The van der Waals surface area contributed by atoms with Crippen LogP contribution in [0, 0.1) is 27.7 Å². The van der Waals surface area contributed by atoms with Gasteiger partial charge in [-0.15, -0.1) is 22.7 Å². The number of aryl methyl sites for hydroxylation is 4. The molecule has 26 heavy (non-hydrogen) atoms. The van der Waals surface area contributed by atoms with Crippen LogP contribution in [0.1, 0.15) is 20.9 Å². The number of thiophene rings is 2. The molecule has 6 aromatic rings. The van der Waals surface area contributed by atoms with E-state index in [9.17, 15) is 0 Å². The summed E-state index contributed by atoms with van der Waals surface area (Å²) in [4.78, 5) is 2.60. The summed E-state index contributed by atoms with van der Waals surface area (Å²) < 4.78 is 15.5. The highest BCUT2D eigenvalue weighted by Crippen LogP contribution is 2.46. The summed E-state index contributed by atoms with van der Waals surface area (Å²) in [5, 5.41) is 4.61. The van der Waals surface area contributed by atoms with Gasteiger partial charge in [-0.25, -0.2) is 0 Å². The summed E-state index contributed by atoms with van der Waals surface area (Å²) in [6.45, 7) is 8.59. The number of furan rings is 2. The van der Waals surface area contributed by atoms with Crippen LogP contribution in [0.25, 0.3) is 53.3 Å². The molecule has 0 atom stereocenters. The van der Waals surface area contributed by atoms with Crippen LogP contribution in [0.2, 0.25) is 0 Å². The lowest BCUT2D eigenvalue weighted by atomic mass is 10.1. The quantitative estimate of drug-likeness (QED) is 0.268. The second-order valence-electron chi connectivity index (χ2n) is 7.20. The molecular formula is C22H16O2S2. The van der Waals surface area contributed by atoms with Crippen LogP contribution in [-0.2, 0) is 0 Å². The molecule has 0 spiro atoms. The third-order valence-electron chi connectivity index (χ3n) is 5.26. The first-order valence-corrected chi connectivity index (χ1v) is 10.3. The van der Waals surface area contributed by atoms with Gasteiger partial charge in [0.05, 0.1) is 10.8 Å². The van der Waals surface area contributed by atoms with E-state index < -0.39 is 0 Å². The molecule has 128 valence electrons. The summed E-state index contributed by atoms with van der Waals surface area (Å²) in [7, 11) is 0. The maximum atomic E-state index is 6.47. The first-order chi connectivity index (χ1) is 12.5. The highest BCUT2D eigenvalue weighted by Gasteiger charge is 2.23. The molecule has 2 nitrogen and oxygen atoms in total. The van der Waals surface area contributed by atoms with Gasteiger partial charge in [-0.05, 0) is 63.1 Å². The van der Waals surface area contributed by atoms with E-state index in [-0.39, 0.29) is 0 Å². The molecule has 0 unspecified atom stereocenters. The Morgan fingerprint density at radius 1 is 0.577 bits per heavy atom. The SMILES string of the molecule is Cc1cc2c(cc(C)c3c2oc2c3oc3c4cc(C)sc4cc(C)c32)s1. The Labute approximate surface area is 157 Å². The van der Waals surface area contributed by atoms with Gasteiger partial charge in [-0.3, -0.25) is 0 Å². The van der Waals surface area contributed by atoms with Gasteiger partial charge in [-0.1, -0.05) is 0 Å². The van der Waals surface area contributed by atoms with E-state index >= 15 is 0 Å². The largest absolute Gasteiger partial charge is 0.451 e. The fraction of sp³-hybridized carbons (Fsp3) is 0.182. The van der Waals surface area contributed by atoms with Crippen molar-refractivity contribution in [1.29, 1.82) is 0 Å². The number of hydrogen-bond donors (Lipinski definition) is 0. The predicted molar refractivity (Wildman–Crippen MR) is 113 cm³/mol. The highest BCUT2D eigenvalue weighted by molar-refractivity contribution is 7.19. The minimum atomic E-state index is 0.887. The molecule has 0 aliphatic carbocycles. The average Bonchev–Trinajstić information content (AvgIpc) is 3.27. The Kier molecular flexibility index (Phi) is 2.68. The number of hydrogen-bond acceptors (Lipinski definition) is 4. The van der Waals surface area contributed by atoms with Crippen LogP contribution in [0.5, 0.6) is 0 Å². The molecule has 4 aromatic heterocycles. The summed E-state index contributed by atoms with van der Waals surface area (Å²) in [5.41, 5.74) is 6.11. The highest BCUT2D eigenvalue weighted by atomic mass is 32.1. The van der Waals surface area contributed by atoms with Crippen LogP contribution in [0.15, 0.2) is 33.1 Å². The van der Waals surface area contributed by atoms with E-state index in [1.807, 2.05) is 22.7 Å². The van der Waals surface area contributed by atoms with Crippen molar-refractivity contribution in [3.8, 4) is 0 Å². The summed E-state index contributed by atoms with van der Waals surface area (Å²) in [6.07, 6.45) is 0. The maximum absolute atomic E-state index is 6.47. The molecule has 0 fully saturated rings. The molecule has 4 heteroatoms. The van der Waals surface area contributed by atoms with E-state index in [4.69, 9.17) is 8.83 Å². The minimum absolute atomic E-state index is 0.887. The van der Waals surface area contributed by atoms with E-state index in [2.05, 4.69) is 52.0 Å². The maximum Gasteiger partial charge on any atom is 0.182 e. The number of fused-ring (bicyclic) bond motifs is 9. The van der Waals surface area contributed by atoms with Gasteiger partial charge >= 0.3 is 0 Å². The molecule has 6 rings (SSSR count). The van der Waals surface area contributed by atoms with Gasteiger partial charge in [0.1, 0.15) is 11.2 Å². The van der Waals surface area contributed by atoms with E-state index in [0.717, 1.165) is 33.1 Å². The number of benzene rings is 2. The zero-order chi connectivity index (χ0) is 17.7. The van der Waals surface area contributed by atoms with Crippen LogP contribution in [0.4, 0.5) is 0 Å². The number of rotatable bonds is 0. The lowest BCUT2D eigenvalue weighted by molar-refractivity contribution is 0.656. The van der Waals surface area contributed by atoms with Gasteiger partial charge in [0, 0.05) is 29.9 Å². The molecule has 2 aromatic carbocycles.